The number of nitrogens with one attached hydrogen (secondary N) is 1. The molecule has 0 bridgehead atoms. The van der Waals surface area contributed by atoms with Crippen LogP contribution in [0.15, 0.2) is 64.9 Å². The molecule has 0 aliphatic heterocycles. The lowest BCUT2D eigenvalue weighted by Gasteiger charge is -2.11. The van der Waals surface area contributed by atoms with Crippen LogP contribution in [-0.4, -0.2) is 44.6 Å². The molecule has 0 radical (unpaired) electrons. The number of nitrogens with zero attached hydrogens (tertiary/aromatic N) is 2. The van der Waals surface area contributed by atoms with Crippen molar-refractivity contribution in [1.82, 2.24) is 14.3 Å². The van der Waals surface area contributed by atoms with E-state index >= 15 is 0 Å². The molecule has 11 heteroatoms. The van der Waals surface area contributed by atoms with Crippen LogP contribution in [0.5, 0.6) is 5.88 Å². The zero-order chi connectivity index (χ0) is 27.3. The molecular weight excluding hydrogens is 526 g/mol. The molecule has 0 aliphatic rings. The second-order valence-corrected chi connectivity index (χ2v) is 11.4. The minimum absolute atomic E-state index is 0.0491. The molecular formula is C27H27N3O6S2. The van der Waals surface area contributed by atoms with Crippen LogP contribution in [0.2, 0.25) is 0 Å². The number of amides is 1. The van der Waals surface area contributed by atoms with E-state index in [4.69, 9.17) is 4.74 Å². The van der Waals surface area contributed by atoms with Crippen molar-refractivity contribution >= 4 is 33.7 Å². The lowest BCUT2D eigenvalue weighted by atomic mass is 10.1. The zero-order valence-electron chi connectivity index (χ0n) is 21.1. The summed E-state index contributed by atoms with van der Waals surface area (Å²) in [6, 6.07) is 18.7. The van der Waals surface area contributed by atoms with Gasteiger partial charge in [0.25, 0.3) is 10.0 Å². The predicted molar refractivity (Wildman–Crippen MR) is 145 cm³/mol. The van der Waals surface area contributed by atoms with E-state index in [2.05, 4.69) is 9.72 Å². The lowest BCUT2D eigenvalue weighted by Crippen LogP contribution is -2.30. The normalized spacial score (nSPS) is 11.2. The molecule has 0 saturated heterocycles. The van der Waals surface area contributed by atoms with E-state index in [1.807, 2.05) is 72.3 Å². The average molecular weight is 554 g/mol. The summed E-state index contributed by atoms with van der Waals surface area (Å²) in [5, 5.41) is 0. The number of imidazole rings is 1. The number of hydrogen-bond donors (Lipinski definition) is 1. The van der Waals surface area contributed by atoms with Crippen LogP contribution in [0.3, 0.4) is 0 Å². The fraction of sp³-hybridized carbons (Fsp3) is 0.222. The van der Waals surface area contributed by atoms with Crippen molar-refractivity contribution in [2.45, 2.75) is 30.5 Å². The maximum absolute atomic E-state index is 12.9. The number of benzene rings is 2. The second-order valence-electron chi connectivity index (χ2n) is 8.36. The molecule has 0 aliphatic carbocycles. The summed E-state index contributed by atoms with van der Waals surface area (Å²) in [6.07, 6.45) is 1.23. The van der Waals surface area contributed by atoms with E-state index in [0.29, 0.717) is 35.6 Å². The Kier molecular flexibility index (Phi) is 8.28. The van der Waals surface area contributed by atoms with Gasteiger partial charge in [-0.3, -0.25) is 4.79 Å². The van der Waals surface area contributed by atoms with Crippen LogP contribution in [0.4, 0.5) is 4.79 Å². The first-order chi connectivity index (χ1) is 18.3. The zero-order valence-corrected chi connectivity index (χ0v) is 22.8. The van der Waals surface area contributed by atoms with Crippen LogP contribution in [0.25, 0.3) is 22.5 Å². The minimum Gasteiger partial charge on any atom is -0.479 e. The van der Waals surface area contributed by atoms with Crippen molar-refractivity contribution in [3.63, 3.8) is 0 Å². The van der Waals surface area contributed by atoms with Gasteiger partial charge in [0.05, 0.1) is 14.2 Å². The van der Waals surface area contributed by atoms with Crippen molar-refractivity contribution < 1.29 is 27.5 Å². The lowest BCUT2D eigenvalue weighted by molar-refractivity contribution is 0.111. The Morgan fingerprint density at radius 3 is 2.39 bits per heavy atom. The number of rotatable bonds is 10. The number of ether oxygens (including phenoxy) is 2. The Morgan fingerprint density at radius 1 is 1.08 bits per heavy atom. The van der Waals surface area contributed by atoms with Gasteiger partial charge in [-0.25, -0.2) is 17.9 Å². The monoisotopic (exact) mass is 553 g/mol. The number of sulfonamides is 1. The Labute approximate surface area is 225 Å². The number of carbonyl (C=O) groups is 2. The third kappa shape index (κ3) is 5.63. The Bertz CT molecular complexity index is 1540. The molecule has 0 fully saturated rings. The number of methoxy groups -OCH3 is 2. The molecule has 1 N–H and O–H groups in total. The number of aryl methyl sites for hydroxylation is 1. The van der Waals surface area contributed by atoms with Crippen LogP contribution in [-0.2, 0) is 27.7 Å². The summed E-state index contributed by atoms with van der Waals surface area (Å²) in [7, 11) is -1.55. The van der Waals surface area contributed by atoms with Gasteiger partial charge >= 0.3 is 6.09 Å². The first kappa shape index (κ1) is 27.1. The van der Waals surface area contributed by atoms with Gasteiger partial charge in [-0.2, -0.15) is 4.98 Å². The third-order valence-corrected chi connectivity index (χ3v) is 8.85. The molecule has 0 saturated carbocycles. The van der Waals surface area contributed by atoms with Crippen LogP contribution in [0.1, 0.15) is 34.3 Å². The van der Waals surface area contributed by atoms with Crippen molar-refractivity contribution in [3.05, 3.63) is 76.8 Å². The highest BCUT2D eigenvalue weighted by Crippen LogP contribution is 2.36. The minimum atomic E-state index is -4.12. The van der Waals surface area contributed by atoms with E-state index < -0.39 is 16.1 Å². The summed E-state index contributed by atoms with van der Waals surface area (Å²) in [5.74, 6) is 0.836. The van der Waals surface area contributed by atoms with E-state index in [9.17, 15) is 18.0 Å². The average Bonchev–Trinajstić information content (AvgIpc) is 3.51. The standard InChI is InChI=1S/C27H27N3O6S2/c1-4-8-21-15-22(26(37-21)38(33,34)29-27(32)36-3)19-13-11-18(12-14-19)16-30-23(17-31)25(35-2)28-24(30)20-9-6-5-7-10-20/h5-7,9-15,17H,4,8,16H2,1-3H3,(H,29,32). The highest BCUT2D eigenvalue weighted by atomic mass is 32.2. The van der Waals surface area contributed by atoms with E-state index in [0.717, 1.165) is 47.2 Å². The molecule has 0 atom stereocenters. The second kappa shape index (κ2) is 11.6. The van der Waals surface area contributed by atoms with Crippen molar-refractivity contribution in [3.8, 4) is 28.4 Å². The first-order valence-corrected chi connectivity index (χ1v) is 14.1. The molecule has 2 heterocycles. The van der Waals surface area contributed by atoms with Gasteiger partial charge in [-0.1, -0.05) is 67.9 Å². The smallest absolute Gasteiger partial charge is 0.420 e. The van der Waals surface area contributed by atoms with Crippen molar-refractivity contribution in [2.75, 3.05) is 14.2 Å². The Balaban J connectivity index is 1.71. The summed E-state index contributed by atoms with van der Waals surface area (Å²) in [6.45, 7) is 2.35. The van der Waals surface area contributed by atoms with Gasteiger partial charge in [-0.15, -0.1) is 11.3 Å². The number of aromatic nitrogens is 2. The molecule has 0 spiro atoms. The van der Waals surface area contributed by atoms with E-state index in [-0.39, 0.29) is 10.1 Å². The van der Waals surface area contributed by atoms with Gasteiger partial charge in [0.15, 0.2) is 6.29 Å². The number of aldehydes is 1. The fourth-order valence-corrected chi connectivity index (χ4v) is 6.79. The fourth-order valence-electron chi connectivity index (χ4n) is 4.04. The maximum atomic E-state index is 12.9. The molecule has 4 aromatic rings. The summed E-state index contributed by atoms with van der Waals surface area (Å²) in [5.41, 5.74) is 3.21. The van der Waals surface area contributed by atoms with Crippen LogP contribution >= 0.6 is 11.3 Å². The van der Waals surface area contributed by atoms with Crippen molar-refractivity contribution in [1.29, 1.82) is 0 Å². The summed E-state index contributed by atoms with van der Waals surface area (Å²) >= 11 is 1.13. The quantitative estimate of drug-likeness (QED) is 0.270. The van der Waals surface area contributed by atoms with E-state index in [1.165, 1.54) is 7.11 Å². The van der Waals surface area contributed by atoms with Gasteiger partial charge in [-0.05, 0) is 23.6 Å². The molecule has 198 valence electrons. The predicted octanol–water partition coefficient (Wildman–Crippen LogP) is 5.15. The van der Waals surface area contributed by atoms with E-state index in [1.54, 1.807) is 4.57 Å². The SMILES string of the molecule is CCCc1cc(-c2ccc(Cn3c(-c4ccccc4)nc(OC)c3C=O)cc2)c(S(=O)(=O)NC(=O)OC)s1. The first-order valence-electron chi connectivity index (χ1n) is 11.8. The third-order valence-electron chi connectivity index (χ3n) is 5.81. The molecule has 1 amide bonds. The highest BCUT2D eigenvalue weighted by Gasteiger charge is 2.26. The largest absolute Gasteiger partial charge is 0.479 e. The molecule has 2 aromatic carbocycles. The highest BCUT2D eigenvalue weighted by molar-refractivity contribution is 7.92. The molecule has 0 unspecified atom stereocenters. The van der Waals surface area contributed by atoms with Crippen LogP contribution in [0, 0.1) is 0 Å². The molecule has 9 nitrogen and oxygen atoms in total. The van der Waals surface area contributed by atoms with Gasteiger partial charge in [0.1, 0.15) is 15.7 Å². The number of hydrogen-bond acceptors (Lipinski definition) is 8. The van der Waals surface area contributed by atoms with Crippen molar-refractivity contribution in [2.24, 2.45) is 0 Å². The van der Waals surface area contributed by atoms with Gasteiger partial charge in [0, 0.05) is 22.5 Å². The summed E-state index contributed by atoms with van der Waals surface area (Å²) < 4.78 is 39.5. The van der Waals surface area contributed by atoms with Gasteiger partial charge < -0.3 is 14.0 Å². The maximum Gasteiger partial charge on any atom is 0.420 e. The number of thiophene rings is 1. The summed E-state index contributed by atoms with van der Waals surface area (Å²) in [4.78, 5) is 29.0. The molecule has 4 rings (SSSR count). The molecule has 2 aromatic heterocycles. The number of carbonyl (C=O) groups excluding carboxylic acids is 2. The topological polar surface area (TPSA) is 117 Å². The Hall–Kier alpha value is -3.96. The Morgan fingerprint density at radius 2 is 1.79 bits per heavy atom. The van der Waals surface area contributed by atoms with Crippen LogP contribution < -0.4 is 9.46 Å². The molecule has 38 heavy (non-hydrogen) atoms. The van der Waals surface area contributed by atoms with Gasteiger partial charge in [0.2, 0.25) is 5.88 Å².